The predicted molar refractivity (Wildman–Crippen MR) is 79.5 cm³/mol. The molecular weight excluding hydrogens is 268 g/mol. The standard InChI is InChI=1S/C17H26O4/c1-10-5-7-13-11(2)6-8-14(15(13)9-10)12(3)16(18)21-17(19)20-4/h9,11-15H,5-8H2,1-4H3/t11-,12-,13?,14+,15+/m1/s1. The topological polar surface area (TPSA) is 52.6 Å². The molecule has 0 aromatic rings. The molecule has 0 heterocycles. The number of allylic oxidation sites excluding steroid dienone is 2. The molecule has 0 N–H and O–H groups in total. The van der Waals surface area contributed by atoms with Crippen molar-refractivity contribution >= 4 is 12.1 Å². The first-order valence-electron chi connectivity index (χ1n) is 7.91. The lowest BCUT2D eigenvalue weighted by Gasteiger charge is -2.45. The van der Waals surface area contributed by atoms with Crippen molar-refractivity contribution in [1.29, 1.82) is 0 Å². The van der Waals surface area contributed by atoms with Crippen molar-refractivity contribution in [2.75, 3.05) is 7.11 Å². The van der Waals surface area contributed by atoms with Crippen molar-refractivity contribution in [1.82, 2.24) is 0 Å². The third-order valence-corrected chi connectivity index (χ3v) is 5.39. The van der Waals surface area contributed by atoms with Crippen LogP contribution in [-0.4, -0.2) is 19.2 Å². The molecule has 0 aromatic carbocycles. The van der Waals surface area contributed by atoms with E-state index in [4.69, 9.17) is 4.74 Å². The fraction of sp³-hybridized carbons (Fsp3) is 0.765. The quantitative estimate of drug-likeness (QED) is 0.439. The van der Waals surface area contributed by atoms with E-state index in [-0.39, 0.29) is 11.8 Å². The number of esters is 1. The number of hydrogen-bond acceptors (Lipinski definition) is 4. The van der Waals surface area contributed by atoms with Crippen LogP contribution >= 0.6 is 0 Å². The third kappa shape index (κ3) is 3.47. The van der Waals surface area contributed by atoms with Gasteiger partial charge >= 0.3 is 12.1 Å². The lowest BCUT2D eigenvalue weighted by Crippen LogP contribution is -2.40. The highest BCUT2D eigenvalue weighted by Gasteiger charge is 2.42. The molecule has 5 atom stereocenters. The number of carbonyl (C=O) groups is 2. The van der Waals surface area contributed by atoms with Crippen LogP contribution in [0.5, 0.6) is 0 Å². The Balaban J connectivity index is 2.12. The van der Waals surface area contributed by atoms with Crippen LogP contribution in [0.3, 0.4) is 0 Å². The first-order chi connectivity index (χ1) is 9.93. The molecule has 21 heavy (non-hydrogen) atoms. The highest BCUT2D eigenvalue weighted by Crippen LogP contribution is 2.48. The molecule has 1 saturated carbocycles. The molecule has 4 heteroatoms. The average Bonchev–Trinajstić information content (AvgIpc) is 2.46. The van der Waals surface area contributed by atoms with Gasteiger partial charge in [0.05, 0.1) is 13.0 Å². The summed E-state index contributed by atoms with van der Waals surface area (Å²) in [6.45, 7) is 6.37. The van der Waals surface area contributed by atoms with Crippen molar-refractivity contribution in [2.24, 2.45) is 29.6 Å². The van der Waals surface area contributed by atoms with E-state index in [1.807, 2.05) is 6.92 Å². The van der Waals surface area contributed by atoms with Gasteiger partial charge in [0.1, 0.15) is 0 Å². The molecule has 1 fully saturated rings. The molecule has 2 rings (SSSR count). The molecule has 0 amide bonds. The van der Waals surface area contributed by atoms with Gasteiger partial charge in [-0.05, 0) is 49.9 Å². The van der Waals surface area contributed by atoms with Crippen LogP contribution in [0.1, 0.15) is 46.5 Å². The zero-order valence-electron chi connectivity index (χ0n) is 13.4. The number of hydrogen-bond donors (Lipinski definition) is 0. The highest BCUT2D eigenvalue weighted by atomic mass is 16.7. The van der Waals surface area contributed by atoms with Gasteiger partial charge in [-0.25, -0.2) is 4.79 Å². The fourth-order valence-electron chi connectivity index (χ4n) is 4.06. The first-order valence-corrected chi connectivity index (χ1v) is 7.91. The van der Waals surface area contributed by atoms with Crippen LogP contribution in [0.4, 0.5) is 4.79 Å². The molecule has 118 valence electrons. The Labute approximate surface area is 126 Å². The van der Waals surface area contributed by atoms with Gasteiger partial charge in [-0.3, -0.25) is 4.79 Å². The first kappa shape index (κ1) is 16.1. The van der Waals surface area contributed by atoms with E-state index >= 15 is 0 Å². The van der Waals surface area contributed by atoms with Gasteiger partial charge in [-0.1, -0.05) is 31.9 Å². The lowest BCUT2D eigenvalue weighted by molar-refractivity contribution is -0.147. The fourth-order valence-corrected chi connectivity index (χ4v) is 4.06. The summed E-state index contributed by atoms with van der Waals surface area (Å²) in [5.41, 5.74) is 1.42. The molecule has 4 nitrogen and oxygen atoms in total. The van der Waals surface area contributed by atoms with E-state index < -0.39 is 12.1 Å². The van der Waals surface area contributed by atoms with E-state index in [1.165, 1.54) is 25.5 Å². The minimum Gasteiger partial charge on any atom is -0.437 e. The summed E-state index contributed by atoms with van der Waals surface area (Å²) in [4.78, 5) is 23.2. The van der Waals surface area contributed by atoms with Crippen molar-refractivity contribution in [2.45, 2.75) is 46.5 Å². The maximum Gasteiger partial charge on any atom is 0.515 e. The summed E-state index contributed by atoms with van der Waals surface area (Å²) >= 11 is 0. The highest BCUT2D eigenvalue weighted by molar-refractivity contribution is 5.83. The molecule has 0 bridgehead atoms. The van der Waals surface area contributed by atoms with Gasteiger partial charge < -0.3 is 9.47 Å². The lowest BCUT2D eigenvalue weighted by atomic mass is 9.60. The predicted octanol–water partition coefficient (Wildman–Crippen LogP) is 3.95. The van der Waals surface area contributed by atoms with Crippen LogP contribution in [0, 0.1) is 29.6 Å². The monoisotopic (exact) mass is 294 g/mol. The zero-order chi connectivity index (χ0) is 15.6. The van der Waals surface area contributed by atoms with Gasteiger partial charge in [-0.2, -0.15) is 0 Å². The molecule has 0 saturated heterocycles. The van der Waals surface area contributed by atoms with E-state index in [1.54, 1.807) is 0 Å². The van der Waals surface area contributed by atoms with E-state index in [9.17, 15) is 9.59 Å². The van der Waals surface area contributed by atoms with Crippen LogP contribution in [0.2, 0.25) is 0 Å². The number of carbonyl (C=O) groups excluding carboxylic acids is 2. The minimum atomic E-state index is -0.914. The summed E-state index contributed by atoms with van der Waals surface area (Å²) in [7, 11) is 1.21. The van der Waals surface area contributed by atoms with Gasteiger partial charge in [-0.15, -0.1) is 0 Å². The van der Waals surface area contributed by atoms with Crippen LogP contribution in [-0.2, 0) is 14.3 Å². The molecule has 2 aliphatic carbocycles. The normalized spacial score (nSPS) is 33.4. The summed E-state index contributed by atoms with van der Waals surface area (Å²) in [5.74, 6) is 1.32. The maximum absolute atomic E-state index is 12.1. The van der Waals surface area contributed by atoms with Crippen molar-refractivity contribution in [3.05, 3.63) is 11.6 Å². The molecule has 1 unspecified atom stereocenters. The van der Waals surface area contributed by atoms with E-state index in [0.717, 1.165) is 12.8 Å². The largest absolute Gasteiger partial charge is 0.515 e. The van der Waals surface area contributed by atoms with Crippen molar-refractivity contribution < 1.29 is 19.1 Å². The zero-order valence-corrected chi connectivity index (χ0v) is 13.4. The minimum absolute atomic E-state index is 0.263. The Morgan fingerprint density at radius 2 is 2.00 bits per heavy atom. The molecule has 0 spiro atoms. The summed E-state index contributed by atoms with van der Waals surface area (Å²) < 4.78 is 9.13. The number of fused-ring (bicyclic) bond motifs is 1. The second-order valence-corrected chi connectivity index (χ2v) is 6.68. The Morgan fingerprint density at radius 3 is 2.67 bits per heavy atom. The van der Waals surface area contributed by atoms with Crippen LogP contribution < -0.4 is 0 Å². The van der Waals surface area contributed by atoms with Gasteiger partial charge in [0.2, 0.25) is 0 Å². The van der Waals surface area contributed by atoms with E-state index in [0.29, 0.717) is 17.8 Å². The average molecular weight is 294 g/mol. The molecule has 2 aliphatic rings. The van der Waals surface area contributed by atoms with Crippen molar-refractivity contribution in [3.8, 4) is 0 Å². The second kappa shape index (κ2) is 6.63. The Bertz CT molecular complexity index is 440. The molecule has 0 radical (unpaired) electrons. The van der Waals surface area contributed by atoms with E-state index in [2.05, 4.69) is 24.7 Å². The Kier molecular flexibility index (Phi) is 5.07. The number of methoxy groups -OCH3 is 1. The summed E-state index contributed by atoms with van der Waals surface area (Å²) in [5, 5.41) is 0. The van der Waals surface area contributed by atoms with Gasteiger partial charge in [0.15, 0.2) is 0 Å². The second-order valence-electron chi connectivity index (χ2n) is 6.68. The van der Waals surface area contributed by atoms with Crippen molar-refractivity contribution in [3.63, 3.8) is 0 Å². The number of ether oxygens (including phenoxy) is 2. The Morgan fingerprint density at radius 1 is 1.29 bits per heavy atom. The molecule has 0 aromatic heterocycles. The number of rotatable bonds is 2. The summed E-state index contributed by atoms with van der Waals surface area (Å²) in [6.07, 6.45) is 5.99. The summed E-state index contributed by atoms with van der Waals surface area (Å²) in [6, 6.07) is 0. The Hall–Kier alpha value is -1.32. The molecule has 0 aliphatic heterocycles. The third-order valence-electron chi connectivity index (χ3n) is 5.39. The van der Waals surface area contributed by atoms with Crippen LogP contribution in [0.25, 0.3) is 0 Å². The van der Waals surface area contributed by atoms with Gasteiger partial charge in [0.25, 0.3) is 0 Å². The SMILES string of the molecule is COC(=O)OC(=O)[C@H](C)[C@@H]1CC[C@@H](C)C2CCC(C)=C[C@@H]21. The molecular formula is C17H26O4. The maximum atomic E-state index is 12.1. The van der Waals surface area contributed by atoms with Crippen LogP contribution in [0.15, 0.2) is 11.6 Å². The van der Waals surface area contributed by atoms with Gasteiger partial charge in [0, 0.05) is 0 Å². The smallest absolute Gasteiger partial charge is 0.437 e.